The molecule has 4 nitrogen and oxygen atoms in total. The van der Waals surface area contributed by atoms with Crippen molar-refractivity contribution in [2.45, 2.75) is 6.61 Å². The normalized spacial score (nSPS) is 10.7. The third-order valence-corrected chi connectivity index (χ3v) is 4.81. The van der Waals surface area contributed by atoms with Gasteiger partial charge >= 0.3 is 0 Å². The number of hydrazone groups is 1. The minimum absolute atomic E-state index is 0.248. The zero-order valence-electron chi connectivity index (χ0n) is 14.2. The molecule has 0 bridgehead atoms. The highest BCUT2D eigenvalue weighted by Crippen LogP contribution is 2.18. The zero-order chi connectivity index (χ0) is 19.1. The summed E-state index contributed by atoms with van der Waals surface area (Å²) in [6.07, 6.45) is 1.59. The van der Waals surface area contributed by atoms with Crippen LogP contribution in [0.3, 0.4) is 0 Å². The van der Waals surface area contributed by atoms with Crippen LogP contribution in [-0.4, -0.2) is 12.1 Å². The van der Waals surface area contributed by atoms with Gasteiger partial charge in [-0.05, 0) is 82.8 Å². The van der Waals surface area contributed by atoms with Crippen LogP contribution in [-0.2, 0) is 6.61 Å². The van der Waals surface area contributed by atoms with E-state index in [1.165, 1.54) is 0 Å². The fourth-order valence-corrected chi connectivity index (χ4v) is 2.81. The molecule has 0 heterocycles. The van der Waals surface area contributed by atoms with E-state index in [4.69, 9.17) is 16.3 Å². The summed E-state index contributed by atoms with van der Waals surface area (Å²) in [4.78, 5) is 12.0. The Morgan fingerprint density at radius 2 is 1.74 bits per heavy atom. The van der Waals surface area contributed by atoms with E-state index in [0.29, 0.717) is 17.2 Å². The van der Waals surface area contributed by atoms with E-state index in [2.05, 4.69) is 33.1 Å². The van der Waals surface area contributed by atoms with Gasteiger partial charge in [-0.15, -0.1) is 0 Å². The highest BCUT2D eigenvalue weighted by Gasteiger charge is 2.03. The maximum atomic E-state index is 12.0. The monoisotopic (exact) mass is 490 g/mol. The Morgan fingerprint density at radius 1 is 1.04 bits per heavy atom. The summed E-state index contributed by atoms with van der Waals surface area (Å²) >= 11 is 8.31. The fraction of sp³-hybridized carbons (Fsp3) is 0.0476. The average molecular weight is 491 g/mol. The molecular weight excluding hydrogens is 475 g/mol. The summed E-state index contributed by atoms with van der Waals surface area (Å²) in [5.74, 6) is 0.484. The summed E-state index contributed by atoms with van der Waals surface area (Å²) in [5.41, 5.74) is 4.87. The number of hydrogen-bond donors (Lipinski definition) is 1. The fourth-order valence-electron chi connectivity index (χ4n) is 2.26. The molecule has 0 aliphatic heterocycles. The van der Waals surface area contributed by atoms with E-state index in [1.807, 2.05) is 60.7 Å². The summed E-state index contributed by atoms with van der Waals surface area (Å²) in [6.45, 7) is 0.402. The number of nitrogens with one attached hydrogen (secondary N) is 1. The van der Waals surface area contributed by atoms with Crippen LogP contribution < -0.4 is 10.2 Å². The van der Waals surface area contributed by atoms with Crippen LogP contribution in [0.15, 0.2) is 77.9 Å². The van der Waals surface area contributed by atoms with Crippen molar-refractivity contribution in [3.63, 3.8) is 0 Å². The SMILES string of the molecule is O=C(N/N=C\c1ccc(OCc2ccccc2Cl)cc1)c1ccc(I)cc1. The highest BCUT2D eigenvalue weighted by molar-refractivity contribution is 14.1. The summed E-state index contributed by atoms with van der Waals surface area (Å²) < 4.78 is 6.81. The van der Waals surface area contributed by atoms with Gasteiger partial charge in [-0.1, -0.05) is 29.8 Å². The van der Waals surface area contributed by atoms with Crippen molar-refractivity contribution < 1.29 is 9.53 Å². The molecule has 0 unspecified atom stereocenters. The molecule has 136 valence electrons. The summed E-state index contributed by atoms with van der Waals surface area (Å²) in [7, 11) is 0. The molecule has 3 aromatic carbocycles. The molecule has 3 aromatic rings. The molecule has 0 aromatic heterocycles. The van der Waals surface area contributed by atoms with Crippen molar-refractivity contribution in [3.05, 3.63) is 98.1 Å². The molecule has 1 N–H and O–H groups in total. The Bertz CT molecular complexity index is 941. The van der Waals surface area contributed by atoms with Gasteiger partial charge in [-0.3, -0.25) is 4.79 Å². The van der Waals surface area contributed by atoms with Crippen molar-refractivity contribution in [3.8, 4) is 5.75 Å². The van der Waals surface area contributed by atoms with Gasteiger partial charge in [0.2, 0.25) is 0 Å². The number of benzene rings is 3. The van der Waals surface area contributed by atoms with Gasteiger partial charge in [0.05, 0.1) is 6.21 Å². The van der Waals surface area contributed by atoms with E-state index >= 15 is 0 Å². The molecule has 3 rings (SSSR count). The summed E-state index contributed by atoms with van der Waals surface area (Å²) in [5, 5.41) is 4.68. The Kier molecular flexibility index (Phi) is 6.84. The van der Waals surface area contributed by atoms with Crippen molar-refractivity contribution in [1.82, 2.24) is 5.43 Å². The predicted molar refractivity (Wildman–Crippen MR) is 116 cm³/mol. The maximum absolute atomic E-state index is 12.0. The zero-order valence-corrected chi connectivity index (χ0v) is 17.1. The quantitative estimate of drug-likeness (QED) is 0.290. The number of ether oxygens (including phenoxy) is 1. The third-order valence-electron chi connectivity index (χ3n) is 3.72. The van der Waals surface area contributed by atoms with E-state index in [0.717, 1.165) is 20.4 Å². The van der Waals surface area contributed by atoms with Gasteiger partial charge in [0.25, 0.3) is 5.91 Å². The van der Waals surface area contributed by atoms with Gasteiger partial charge in [0, 0.05) is 19.7 Å². The largest absolute Gasteiger partial charge is 0.489 e. The number of carbonyl (C=O) groups is 1. The number of carbonyl (C=O) groups excluding carboxylic acids is 1. The van der Waals surface area contributed by atoms with Gasteiger partial charge in [0.15, 0.2) is 0 Å². The lowest BCUT2D eigenvalue weighted by Gasteiger charge is -2.07. The average Bonchev–Trinajstić information content (AvgIpc) is 2.69. The van der Waals surface area contributed by atoms with E-state index in [9.17, 15) is 4.79 Å². The van der Waals surface area contributed by atoms with Gasteiger partial charge in [-0.2, -0.15) is 5.10 Å². The second-order valence-corrected chi connectivity index (χ2v) is 7.31. The number of nitrogens with zero attached hydrogens (tertiary/aromatic N) is 1. The summed E-state index contributed by atoms with van der Waals surface area (Å²) in [6, 6.07) is 22.3. The van der Waals surface area contributed by atoms with Crippen molar-refractivity contribution in [2.75, 3.05) is 0 Å². The van der Waals surface area contributed by atoms with Crippen LogP contribution in [0, 0.1) is 3.57 Å². The third kappa shape index (κ3) is 5.80. The molecule has 0 radical (unpaired) electrons. The standard InChI is InChI=1S/C21H16ClIN2O2/c22-20-4-2-1-3-17(20)14-27-19-11-5-15(6-12-19)13-24-25-21(26)16-7-9-18(23)10-8-16/h1-13H,14H2,(H,25,26)/b24-13-. The Morgan fingerprint density at radius 3 is 2.44 bits per heavy atom. The number of hydrogen-bond acceptors (Lipinski definition) is 3. The molecule has 0 atom stereocenters. The Balaban J connectivity index is 1.52. The van der Waals surface area contributed by atoms with E-state index in [-0.39, 0.29) is 5.91 Å². The first-order chi connectivity index (χ1) is 13.1. The number of amides is 1. The molecule has 27 heavy (non-hydrogen) atoms. The second kappa shape index (κ2) is 9.53. The smallest absolute Gasteiger partial charge is 0.271 e. The molecule has 0 aliphatic rings. The van der Waals surface area contributed by atoms with Gasteiger partial charge < -0.3 is 4.74 Å². The molecular formula is C21H16ClIN2O2. The van der Waals surface area contributed by atoms with Crippen LogP contribution in [0.4, 0.5) is 0 Å². The van der Waals surface area contributed by atoms with Gasteiger partial charge in [0.1, 0.15) is 12.4 Å². The van der Waals surface area contributed by atoms with Crippen LogP contribution in [0.1, 0.15) is 21.5 Å². The molecule has 0 spiro atoms. The van der Waals surface area contributed by atoms with Crippen LogP contribution in [0.25, 0.3) is 0 Å². The predicted octanol–water partition coefficient (Wildman–Crippen LogP) is 5.29. The highest BCUT2D eigenvalue weighted by atomic mass is 127. The second-order valence-electron chi connectivity index (χ2n) is 5.66. The van der Waals surface area contributed by atoms with E-state index in [1.54, 1.807) is 18.3 Å². The lowest BCUT2D eigenvalue weighted by atomic mass is 10.2. The number of halogens is 2. The molecule has 1 amide bonds. The van der Waals surface area contributed by atoms with Crippen LogP contribution >= 0.6 is 34.2 Å². The first-order valence-corrected chi connectivity index (χ1v) is 9.63. The van der Waals surface area contributed by atoms with Crippen LogP contribution in [0.2, 0.25) is 5.02 Å². The van der Waals surface area contributed by atoms with Crippen LogP contribution in [0.5, 0.6) is 5.75 Å². The Hall–Kier alpha value is -2.38. The van der Waals surface area contributed by atoms with Crippen molar-refractivity contribution >= 4 is 46.3 Å². The van der Waals surface area contributed by atoms with Crippen molar-refractivity contribution in [2.24, 2.45) is 5.10 Å². The maximum Gasteiger partial charge on any atom is 0.271 e. The first-order valence-electron chi connectivity index (χ1n) is 8.17. The van der Waals surface area contributed by atoms with Gasteiger partial charge in [-0.25, -0.2) is 5.43 Å². The first kappa shape index (κ1) is 19.4. The lowest BCUT2D eigenvalue weighted by Crippen LogP contribution is -2.17. The topological polar surface area (TPSA) is 50.7 Å². The molecule has 6 heteroatoms. The van der Waals surface area contributed by atoms with E-state index < -0.39 is 0 Å². The minimum atomic E-state index is -0.248. The molecule has 0 aliphatic carbocycles. The van der Waals surface area contributed by atoms with Crippen molar-refractivity contribution in [1.29, 1.82) is 0 Å². The molecule has 0 saturated carbocycles. The number of rotatable bonds is 6. The minimum Gasteiger partial charge on any atom is -0.489 e. The molecule has 0 fully saturated rings. The lowest BCUT2D eigenvalue weighted by molar-refractivity contribution is 0.0955. The molecule has 0 saturated heterocycles. The Labute approximate surface area is 176 Å².